The van der Waals surface area contributed by atoms with E-state index in [2.05, 4.69) is 18.7 Å². The molecule has 0 aromatic carbocycles. The number of nitrogens with zero attached hydrogens (tertiary/aromatic N) is 1. The summed E-state index contributed by atoms with van der Waals surface area (Å²) in [5.41, 5.74) is -0.505. The van der Waals surface area contributed by atoms with Crippen molar-refractivity contribution in [2.45, 2.75) is 51.5 Å². The molecule has 0 amide bonds. The van der Waals surface area contributed by atoms with Gasteiger partial charge in [-0.1, -0.05) is 20.3 Å². The molecule has 16 heavy (non-hydrogen) atoms. The summed E-state index contributed by atoms with van der Waals surface area (Å²) in [7, 11) is 0. The van der Waals surface area contributed by atoms with Crippen LogP contribution in [0.2, 0.25) is 0 Å². The first-order chi connectivity index (χ1) is 7.56. The molecular weight excluding hydrogens is 202 g/mol. The van der Waals surface area contributed by atoms with E-state index in [1.807, 2.05) is 0 Å². The standard InChI is InChI=1S/C13H23NO2/c1-10(2)11-8-13(9-11,12(15)16)14-6-4-3-5-7-14/h10-11H,3-9H2,1-2H3,(H,15,16). The van der Waals surface area contributed by atoms with Gasteiger partial charge in [0, 0.05) is 0 Å². The molecule has 2 aliphatic rings. The van der Waals surface area contributed by atoms with Crippen LogP contribution >= 0.6 is 0 Å². The molecule has 0 spiro atoms. The van der Waals surface area contributed by atoms with Crippen LogP contribution in [0.3, 0.4) is 0 Å². The summed E-state index contributed by atoms with van der Waals surface area (Å²) in [6.07, 6.45) is 5.32. The lowest BCUT2D eigenvalue weighted by Crippen LogP contribution is -2.64. The van der Waals surface area contributed by atoms with E-state index in [-0.39, 0.29) is 0 Å². The number of rotatable bonds is 3. The monoisotopic (exact) mass is 225 g/mol. The highest BCUT2D eigenvalue weighted by Crippen LogP contribution is 2.47. The number of carboxylic acids is 1. The Bertz CT molecular complexity index is 263. The van der Waals surface area contributed by atoms with Crippen LogP contribution in [-0.2, 0) is 4.79 Å². The first-order valence-corrected chi connectivity index (χ1v) is 6.55. The summed E-state index contributed by atoms with van der Waals surface area (Å²) in [5, 5.41) is 9.49. The highest BCUT2D eigenvalue weighted by Gasteiger charge is 2.54. The van der Waals surface area contributed by atoms with Crippen LogP contribution < -0.4 is 0 Å². The van der Waals surface area contributed by atoms with Crippen molar-refractivity contribution in [3.05, 3.63) is 0 Å². The van der Waals surface area contributed by atoms with Gasteiger partial charge < -0.3 is 5.11 Å². The Kier molecular flexibility index (Phi) is 3.24. The van der Waals surface area contributed by atoms with E-state index >= 15 is 0 Å². The molecule has 0 atom stereocenters. The Labute approximate surface area is 97.8 Å². The lowest BCUT2D eigenvalue weighted by atomic mass is 9.63. The van der Waals surface area contributed by atoms with Gasteiger partial charge in [0.05, 0.1) is 0 Å². The van der Waals surface area contributed by atoms with Gasteiger partial charge in [-0.15, -0.1) is 0 Å². The zero-order valence-electron chi connectivity index (χ0n) is 10.4. The maximum atomic E-state index is 11.5. The minimum atomic E-state index is -0.591. The molecule has 1 N–H and O–H groups in total. The zero-order valence-corrected chi connectivity index (χ0v) is 10.4. The number of piperidine rings is 1. The largest absolute Gasteiger partial charge is 0.480 e. The topological polar surface area (TPSA) is 40.5 Å². The summed E-state index contributed by atoms with van der Waals surface area (Å²) in [5.74, 6) is 0.640. The minimum absolute atomic E-state index is 0.505. The summed E-state index contributed by atoms with van der Waals surface area (Å²) >= 11 is 0. The number of aliphatic carboxylic acids is 1. The molecule has 1 aliphatic carbocycles. The number of hydrogen-bond donors (Lipinski definition) is 1. The molecule has 3 nitrogen and oxygen atoms in total. The van der Waals surface area contributed by atoms with Crippen LogP contribution in [0.25, 0.3) is 0 Å². The van der Waals surface area contributed by atoms with Crippen molar-refractivity contribution in [1.29, 1.82) is 0 Å². The average molecular weight is 225 g/mol. The molecule has 0 radical (unpaired) electrons. The van der Waals surface area contributed by atoms with Gasteiger partial charge >= 0.3 is 5.97 Å². The normalized spacial score (nSPS) is 36.1. The smallest absolute Gasteiger partial charge is 0.324 e. The molecule has 0 aromatic rings. The number of likely N-dealkylation sites (tertiary alicyclic amines) is 1. The van der Waals surface area contributed by atoms with E-state index in [1.54, 1.807) is 0 Å². The highest BCUT2D eigenvalue weighted by atomic mass is 16.4. The van der Waals surface area contributed by atoms with Gasteiger partial charge in [-0.3, -0.25) is 9.69 Å². The van der Waals surface area contributed by atoms with Gasteiger partial charge in [-0.25, -0.2) is 0 Å². The van der Waals surface area contributed by atoms with Crippen LogP contribution in [0.1, 0.15) is 46.0 Å². The molecule has 0 bridgehead atoms. The van der Waals surface area contributed by atoms with Crippen LogP contribution in [0.15, 0.2) is 0 Å². The van der Waals surface area contributed by atoms with Crippen LogP contribution in [0.5, 0.6) is 0 Å². The highest BCUT2D eigenvalue weighted by molar-refractivity contribution is 5.80. The lowest BCUT2D eigenvalue weighted by molar-refractivity contribution is -0.166. The van der Waals surface area contributed by atoms with Crippen molar-refractivity contribution < 1.29 is 9.90 Å². The Morgan fingerprint density at radius 2 is 1.81 bits per heavy atom. The third kappa shape index (κ3) is 1.86. The summed E-state index contributed by atoms with van der Waals surface area (Å²) < 4.78 is 0. The van der Waals surface area contributed by atoms with E-state index < -0.39 is 11.5 Å². The summed E-state index contributed by atoms with van der Waals surface area (Å²) in [6.45, 7) is 6.37. The minimum Gasteiger partial charge on any atom is -0.480 e. The van der Waals surface area contributed by atoms with Gasteiger partial charge in [-0.05, 0) is 50.6 Å². The Balaban J connectivity index is 2.04. The van der Waals surface area contributed by atoms with E-state index in [1.165, 1.54) is 19.3 Å². The van der Waals surface area contributed by atoms with E-state index in [9.17, 15) is 9.90 Å². The van der Waals surface area contributed by atoms with Gasteiger partial charge in [0.2, 0.25) is 0 Å². The van der Waals surface area contributed by atoms with Crippen molar-refractivity contribution in [2.75, 3.05) is 13.1 Å². The average Bonchev–Trinajstić information content (AvgIpc) is 2.16. The predicted molar refractivity (Wildman–Crippen MR) is 63.4 cm³/mol. The molecule has 1 aliphatic heterocycles. The predicted octanol–water partition coefficient (Wildman–Crippen LogP) is 2.36. The second-order valence-electron chi connectivity index (χ2n) is 5.80. The molecule has 2 rings (SSSR count). The van der Waals surface area contributed by atoms with Crippen LogP contribution in [0.4, 0.5) is 0 Å². The Morgan fingerprint density at radius 3 is 2.25 bits per heavy atom. The van der Waals surface area contributed by atoms with Crippen LogP contribution in [-0.4, -0.2) is 34.6 Å². The maximum Gasteiger partial charge on any atom is 0.324 e. The molecule has 0 aromatic heterocycles. The second kappa shape index (κ2) is 4.36. The molecule has 0 unspecified atom stereocenters. The fourth-order valence-electron chi connectivity index (χ4n) is 3.17. The fourth-order valence-corrected chi connectivity index (χ4v) is 3.17. The van der Waals surface area contributed by atoms with Gasteiger partial charge in [0.1, 0.15) is 5.54 Å². The lowest BCUT2D eigenvalue weighted by Gasteiger charge is -2.53. The third-order valence-electron chi connectivity index (χ3n) is 4.50. The molecule has 1 saturated heterocycles. The number of carboxylic acid groups (broad SMARTS) is 1. The molecular formula is C13H23NO2. The van der Waals surface area contributed by atoms with Crippen molar-refractivity contribution >= 4 is 5.97 Å². The fraction of sp³-hybridized carbons (Fsp3) is 0.923. The quantitative estimate of drug-likeness (QED) is 0.801. The summed E-state index contributed by atoms with van der Waals surface area (Å²) in [4.78, 5) is 13.8. The molecule has 92 valence electrons. The zero-order chi connectivity index (χ0) is 11.8. The Hall–Kier alpha value is -0.570. The summed E-state index contributed by atoms with van der Waals surface area (Å²) in [6, 6.07) is 0. The number of carbonyl (C=O) groups is 1. The van der Waals surface area contributed by atoms with Crippen molar-refractivity contribution in [2.24, 2.45) is 11.8 Å². The first-order valence-electron chi connectivity index (χ1n) is 6.55. The number of hydrogen-bond acceptors (Lipinski definition) is 2. The van der Waals surface area contributed by atoms with E-state index in [0.717, 1.165) is 25.9 Å². The van der Waals surface area contributed by atoms with Crippen molar-refractivity contribution in [3.8, 4) is 0 Å². The van der Waals surface area contributed by atoms with Crippen LogP contribution in [0, 0.1) is 11.8 Å². The molecule has 2 fully saturated rings. The maximum absolute atomic E-state index is 11.5. The van der Waals surface area contributed by atoms with Gasteiger partial charge in [0.25, 0.3) is 0 Å². The van der Waals surface area contributed by atoms with Gasteiger partial charge in [-0.2, -0.15) is 0 Å². The SMILES string of the molecule is CC(C)C1CC(C(=O)O)(N2CCCCC2)C1. The third-order valence-corrected chi connectivity index (χ3v) is 4.50. The molecule has 1 saturated carbocycles. The molecule has 3 heteroatoms. The van der Waals surface area contributed by atoms with Gasteiger partial charge in [0.15, 0.2) is 0 Å². The van der Waals surface area contributed by atoms with Crippen molar-refractivity contribution in [1.82, 2.24) is 4.90 Å². The van der Waals surface area contributed by atoms with Crippen molar-refractivity contribution in [3.63, 3.8) is 0 Å². The van der Waals surface area contributed by atoms with E-state index in [4.69, 9.17) is 0 Å². The first kappa shape index (κ1) is 11.9. The second-order valence-corrected chi connectivity index (χ2v) is 5.80. The van der Waals surface area contributed by atoms with E-state index in [0.29, 0.717) is 11.8 Å². The Morgan fingerprint density at radius 1 is 1.25 bits per heavy atom. The molecule has 1 heterocycles.